The van der Waals surface area contributed by atoms with Crippen LogP contribution in [0.3, 0.4) is 0 Å². The molecule has 1 radical (unpaired) electrons. The van der Waals surface area contributed by atoms with Gasteiger partial charge in [-0.05, 0) is 62.8 Å². The van der Waals surface area contributed by atoms with Gasteiger partial charge < -0.3 is 0 Å². The third-order valence-corrected chi connectivity index (χ3v) is 6.45. The zero-order valence-corrected chi connectivity index (χ0v) is 11.1. The smallest absolute Gasteiger partial charge is 0.0161 e. The van der Waals surface area contributed by atoms with Crippen molar-refractivity contribution in [2.45, 2.75) is 63.5 Å². The van der Waals surface area contributed by atoms with Gasteiger partial charge in [0.15, 0.2) is 0 Å². The lowest BCUT2D eigenvalue weighted by Crippen LogP contribution is -2.40. The highest BCUT2D eigenvalue weighted by atomic mass is 15.2. The van der Waals surface area contributed by atoms with Gasteiger partial charge >= 0.3 is 0 Å². The lowest BCUT2D eigenvalue weighted by atomic mass is 9.78. The Balaban J connectivity index is 1.62. The third-order valence-electron chi connectivity index (χ3n) is 6.45. The van der Waals surface area contributed by atoms with Gasteiger partial charge in [0.05, 0.1) is 0 Å². The summed E-state index contributed by atoms with van der Waals surface area (Å²) < 4.78 is 0. The number of nitrogens with zero attached hydrogens (tertiary/aromatic N) is 1. The molecule has 4 aliphatic rings. The van der Waals surface area contributed by atoms with Crippen LogP contribution in [0.15, 0.2) is 0 Å². The summed E-state index contributed by atoms with van der Waals surface area (Å²) in [5.41, 5.74) is 0. The molecular formula is C16H26N. The fraction of sp³-hybridized carbons (Fsp3) is 0.938. The summed E-state index contributed by atoms with van der Waals surface area (Å²) in [4.78, 5) is 2.82. The SMILES string of the molecule is CN1C2CCCCC2C2[CH]C3CCCCC3C21. The zero-order valence-electron chi connectivity index (χ0n) is 11.1. The quantitative estimate of drug-likeness (QED) is 0.618. The van der Waals surface area contributed by atoms with E-state index in [2.05, 4.69) is 18.4 Å². The summed E-state index contributed by atoms with van der Waals surface area (Å²) in [5.74, 6) is 4.02. The van der Waals surface area contributed by atoms with Crippen molar-refractivity contribution in [3.8, 4) is 0 Å². The number of hydrogen-bond acceptors (Lipinski definition) is 1. The molecule has 6 unspecified atom stereocenters. The average molecular weight is 232 g/mol. The second-order valence-corrected chi connectivity index (χ2v) is 7.05. The molecule has 3 saturated carbocycles. The Morgan fingerprint density at radius 2 is 1.59 bits per heavy atom. The fourth-order valence-corrected chi connectivity index (χ4v) is 5.82. The molecule has 0 aromatic rings. The topological polar surface area (TPSA) is 3.24 Å². The van der Waals surface area contributed by atoms with Gasteiger partial charge in [0.1, 0.15) is 0 Å². The lowest BCUT2D eigenvalue weighted by Gasteiger charge is -2.36. The molecule has 0 aromatic heterocycles. The van der Waals surface area contributed by atoms with Crippen molar-refractivity contribution in [3.05, 3.63) is 6.42 Å². The van der Waals surface area contributed by atoms with E-state index < -0.39 is 0 Å². The summed E-state index contributed by atoms with van der Waals surface area (Å²) in [6, 6.07) is 1.88. The Kier molecular flexibility index (Phi) is 2.54. The Labute approximate surface area is 106 Å². The highest BCUT2D eigenvalue weighted by Crippen LogP contribution is 2.56. The molecule has 0 spiro atoms. The largest absolute Gasteiger partial charge is 0.300 e. The van der Waals surface area contributed by atoms with Crippen molar-refractivity contribution in [2.75, 3.05) is 7.05 Å². The maximum absolute atomic E-state index is 2.82. The van der Waals surface area contributed by atoms with Gasteiger partial charge in [0, 0.05) is 12.1 Å². The van der Waals surface area contributed by atoms with Crippen LogP contribution >= 0.6 is 0 Å². The van der Waals surface area contributed by atoms with E-state index in [0.717, 1.165) is 35.8 Å². The summed E-state index contributed by atoms with van der Waals surface area (Å²) in [6.07, 6.45) is 14.8. The van der Waals surface area contributed by atoms with Crippen molar-refractivity contribution in [1.29, 1.82) is 0 Å². The molecule has 1 heterocycles. The summed E-state index contributed by atoms with van der Waals surface area (Å²) >= 11 is 0. The molecule has 0 N–H and O–H groups in total. The highest BCUT2D eigenvalue weighted by molar-refractivity contribution is 5.15. The van der Waals surface area contributed by atoms with Crippen molar-refractivity contribution >= 4 is 0 Å². The molecule has 1 nitrogen and oxygen atoms in total. The van der Waals surface area contributed by atoms with Gasteiger partial charge in [-0.2, -0.15) is 0 Å². The molecule has 4 fully saturated rings. The minimum Gasteiger partial charge on any atom is -0.300 e. The maximum Gasteiger partial charge on any atom is 0.0161 e. The van der Waals surface area contributed by atoms with E-state index in [0.29, 0.717) is 0 Å². The first kappa shape index (κ1) is 10.8. The van der Waals surface area contributed by atoms with Crippen LogP contribution in [0.25, 0.3) is 0 Å². The molecule has 0 amide bonds. The molecule has 0 aromatic carbocycles. The van der Waals surface area contributed by atoms with Crippen molar-refractivity contribution < 1.29 is 0 Å². The molecule has 17 heavy (non-hydrogen) atoms. The Morgan fingerprint density at radius 3 is 2.47 bits per heavy atom. The highest BCUT2D eigenvalue weighted by Gasteiger charge is 2.56. The molecule has 1 aliphatic heterocycles. The van der Waals surface area contributed by atoms with Gasteiger partial charge in [-0.1, -0.05) is 25.7 Å². The Morgan fingerprint density at radius 1 is 0.882 bits per heavy atom. The van der Waals surface area contributed by atoms with Gasteiger partial charge in [0.2, 0.25) is 0 Å². The van der Waals surface area contributed by atoms with Gasteiger partial charge in [-0.3, -0.25) is 4.90 Å². The first-order chi connectivity index (χ1) is 8.36. The van der Waals surface area contributed by atoms with Crippen LogP contribution in [0.4, 0.5) is 0 Å². The van der Waals surface area contributed by atoms with E-state index >= 15 is 0 Å². The first-order valence-electron chi connectivity index (χ1n) is 7.93. The van der Waals surface area contributed by atoms with E-state index in [1.165, 1.54) is 51.4 Å². The Bertz CT molecular complexity index is 298. The van der Waals surface area contributed by atoms with Gasteiger partial charge in [-0.15, -0.1) is 0 Å². The number of rotatable bonds is 0. The minimum atomic E-state index is 0.938. The molecular weight excluding hydrogens is 206 g/mol. The van der Waals surface area contributed by atoms with Gasteiger partial charge in [-0.25, -0.2) is 0 Å². The van der Waals surface area contributed by atoms with Crippen molar-refractivity contribution in [3.63, 3.8) is 0 Å². The molecule has 95 valence electrons. The van der Waals surface area contributed by atoms with E-state index in [9.17, 15) is 0 Å². The molecule has 4 rings (SSSR count). The van der Waals surface area contributed by atoms with Crippen LogP contribution < -0.4 is 0 Å². The van der Waals surface area contributed by atoms with E-state index in [-0.39, 0.29) is 0 Å². The second kappa shape index (κ2) is 3.98. The summed E-state index contributed by atoms with van der Waals surface area (Å²) in [6.45, 7) is 0. The predicted molar refractivity (Wildman–Crippen MR) is 70.5 cm³/mol. The van der Waals surface area contributed by atoms with Crippen LogP contribution in [-0.2, 0) is 0 Å². The van der Waals surface area contributed by atoms with Crippen LogP contribution in [0.1, 0.15) is 51.4 Å². The van der Waals surface area contributed by atoms with Crippen LogP contribution in [0.5, 0.6) is 0 Å². The van der Waals surface area contributed by atoms with Crippen molar-refractivity contribution in [2.24, 2.45) is 23.7 Å². The second-order valence-electron chi connectivity index (χ2n) is 7.05. The van der Waals surface area contributed by atoms with E-state index in [1.807, 2.05) is 0 Å². The predicted octanol–water partition coefficient (Wildman–Crippen LogP) is 3.50. The number of fused-ring (bicyclic) bond motifs is 5. The minimum absolute atomic E-state index is 0.938. The Hall–Kier alpha value is -0.0400. The normalized spacial score (nSPS) is 54.2. The molecule has 3 aliphatic carbocycles. The van der Waals surface area contributed by atoms with Gasteiger partial charge in [0.25, 0.3) is 0 Å². The summed E-state index contributed by atoms with van der Waals surface area (Å²) in [5, 5.41) is 0. The monoisotopic (exact) mass is 232 g/mol. The van der Waals surface area contributed by atoms with Crippen LogP contribution in [0.2, 0.25) is 0 Å². The molecule has 6 atom stereocenters. The number of likely N-dealkylation sites (tertiary alicyclic amines) is 1. The third kappa shape index (κ3) is 1.47. The van der Waals surface area contributed by atoms with Crippen LogP contribution in [-0.4, -0.2) is 24.0 Å². The maximum atomic E-state index is 2.82. The molecule has 0 bridgehead atoms. The van der Waals surface area contributed by atoms with E-state index in [1.54, 1.807) is 0 Å². The van der Waals surface area contributed by atoms with Crippen LogP contribution in [0, 0.1) is 30.1 Å². The number of hydrogen-bond donors (Lipinski definition) is 0. The average Bonchev–Trinajstić information content (AvgIpc) is 2.88. The summed E-state index contributed by atoms with van der Waals surface area (Å²) in [7, 11) is 2.44. The lowest BCUT2D eigenvalue weighted by molar-refractivity contribution is 0.126. The first-order valence-corrected chi connectivity index (χ1v) is 7.93. The van der Waals surface area contributed by atoms with E-state index in [4.69, 9.17) is 0 Å². The fourth-order valence-electron chi connectivity index (χ4n) is 5.82. The standard InChI is InChI=1S/C16H26N/c1-17-15-9-5-4-8-13(15)14-10-11-6-2-3-7-12(11)16(14)17/h10-16H,2-9H2,1H3. The zero-order chi connectivity index (χ0) is 11.4. The molecule has 1 saturated heterocycles. The molecule has 1 heteroatoms. The van der Waals surface area contributed by atoms with Crippen molar-refractivity contribution in [1.82, 2.24) is 4.90 Å².